The number of ether oxygens (including phenoxy) is 2. The lowest BCUT2D eigenvalue weighted by Crippen LogP contribution is -2.30. The molecule has 24 heavy (non-hydrogen) atoms. The molecule has 6 heteroatoms. The van der Waals surface area contributed by atoms with Crippen molar-refractivity contribution >= 4 is 17.2 Å². The van der Waals surface area contributed by atoms with Crippen molar-refractivity contribution in [1.82, 2.24) is 9.88 Å². The second-order valence-electron chi connectivity index (χ2n) is 5.74. The number of thiazole rings is 1. The fourth-order valence-electron chi connectivity index (χ4n) is 3.13. The summed E-state index contributed by atoms with van der Waals surface area (Å²) in [5, 5.41) is 1.00. The molecular weight excluding hydrogens is 324 g/mol. The zero-order valence-electron chi connectivity index (χ0n) is 14.2. The van der Waals surface area contributed by atoms with Crippen molar-refractivity contribution in [3.63, 3.8) is 0 Å². The highest BCUT2D eigenvalue weighted by Gasteiger charge is 2.32. The van der Waals surface area contributed by atoms with Crippen LogP contribution in [-0.2, 0) is 6.42 Å². The molecule has 1 aliphatic heterocycles. The first-order valence-electron chi connectivity index (χ1n) is 8.15. The first-order valence-corrected chi connectivity index (χ1v) is 8.97. The van der Waals surface area contributed by atoms with Gasteiger partial charge in [0.1, 0.15) is 4.88 Å². The van der Waals surface area contributed by atoms with E-state index in [-0.39, 0.29) is 11.9 Å². The number of carbonyl (C=O) groups excluding carboxylic acids is 1. The van der Waals surface area contributed by atoms with Crippen LogP contribution in [0.2, 0.25) is 0 Å². The second-order valence-corrected chi connectivity index (χ2v) is 6.86. The molecular formula is C18H22N2O3S. The number of benzene rings is 1. The predicted octanol–water partition coefficient (Wildman–Crippen LogP) is 3.70. The molecule has 3 rings (SSSR count). The number of amides is 1. The highest BCUT2D eigenvalue weighted by atomic mass is 32.1. The van der Waals surface area contributed by atoms with E-state index in [9.17, 15) is 4.79 Å². The van der Waals surface area contributed by atoms with Crippen molar-refractivity contribution in [2.45, 2.75) is 32.2 Å². The van der Waals surface area contributed by atoms with E-state index in [1.807, 2.05) is 23.1 Å². The topological polar surface area (TPSA) is 51.7 Å². The molecule has 1 fully saturated rings. The van der Waals surface area contributed by atoms with Gasteiger partial charge in [-0.1, -0.05) is 13.0 Å². The van der Waals surface area contributed by atoms with Crippen molar-refractivity contribution in [1.29, 1.82) is 0 Å². The zero-order valence-corrected chi connectivity index (χ0v) is 15.1. The van der Waals surface area contributed by atoms with Gasteiger partial charge < -0.3 is 14.4 Å². The van der Waals surface area contributed by atoms with Gasteiger partial charge in [0, 0.05) is 6.54 Å². The van der Waals surface area contributed by atoms with Crippen LogP contribution in [0.3, 0.4) is 0 Å². The molecule has 1 aromatic carbocycles. The van der Waals surface area contributed by atoms with Crippen LogP contribution in [0.15, 0.2) is 24.4 Å². The molecule has 0 N–H and O–H groups in total. The normalized spacial score (nSPS) is 17.1. The monoisotopic (exact) mass is 346 g/mol. The lowest BCUT2D eigenvalue weighted by Gasteiger charge is -2.25. The third-order valence-electron chi connectivity index (χ3n) is 4.37. The molecule has 2 aromatic rings. The largest absolute Gasteiger partial charge is 0.493 e. The van der Waals surface area contributed by atoms with Gasteiger partial charge >= 0.3 is 0 Å². The number of aryl methyl sites for hydroxylation is 1. The van der Waals surface area contributed by atoms with Crippen LogP contribution in [0, 0.1) is 0 Å². The SMILES string of the molecule is CCc1ncc(C(=O)N2CCC[C@H]2c2ccc(OC)c(OC)c2)s1. The Kier molecular flexibility index (Phi) is 5.04. The van der Waals surface area contributed by atoms with Gasteiger partial charge in [0.15, 0.2) is 11.5 Å². The van der Waals surface area contributed by atoms with Gasteiger partial charge in [0.25, 0.3) is 5.91 Å². The first-order chi connectivity index (χ1) is 11.7. The summed E-state index contributed by atoms with van der Waals surface area (Å²) < 4.78 is 10.7. The summed E-state index contributed by atoms with van der Waals surface area (Å²) in [6.07, 6.45) is 4.53. The number of likely N-dealkylation sites (tertiary alicyclic amines) is 1. The highest BCUT2D eigenvalue weighted by molar-refractivity contribution is 7.13. The summed E-state index contributed by atoms with van der Waals surface area (Å²) in [6, 6.07) is 5.96. The molecule has 0 unspecified atom stereocenters. The highest BCUT2D eigenvalue weighted by Crippen LogP contribution is 2.37. The van der Waals surface area contributed by atoms with E-state index >= 15 is 0 Å². The van der Waals surface area contributed by atoms with Gasteiger partial charge in [-0.25, -0.2) is 4.98 Å². The van der Waals surface area contributed by atoms with Gasteiger partial charge in [0.2, 0.25) is 0 Å². The lowest BCUT2D eigenvalue weighted by atomic mass is 10.0. The van der Waals surface area contributed by atoms with Crippen LogP contribution in [0.1, 0.15) is 46.0 Å². The average Bonchev–Trinajstić information content (AvgIpc) is 3.29. The maximum atomic E-state index is 12.9. The van der Waals surface area contributed by atoms with Gasteiger partial charge in [-0.3, -0.25) is 4.79 Å². The minimum absolute atomic E-state index is 0.0736. The minimum atomic E-state index is 0.0736. The van der Waals surface area contributed by atoms with Gasteiger partial charge in [-0.15, -0.1) is 11.3 Å². The van der Waals surface area contributed by atoms with Crippen molar-refractivity contribution in [3.05, 3.63) is 39.8 Å². The van der Waals surface area contributed by atoms with Crippen molar-refractivity contribution in [2.24, 2.45) is 0 Å². The number of hydrogen-bond acceptors (Lipinski definition) is 5. The Labute approximate surface area is 146 Å². The molecule has 0 bridgehead atoms. The van der Waals surface area contributed by atoms with Crippen molar-refractivity contribution in [2.75, 3.05) is 20.8 Å². The fraction of sp³-hybridized carbons (Fsp3) is 0.444. The number of hydrogen-bond donors (Lipinski definition) is 0. The van der Waals surface area contributed by atoms with Crippen LogP contribution in [0.25, 0.3) is 0 Å². The van der Waals surface area contributed by atoms with Crippen molar-refractivity contribution < 1.29 is 14.3 Å². The zero-order chi connectivity index (χ0) is 17.1. The fourth-order valence-corrected chi connectivity index (χ4v) is 3.94. The Morgan fingerprint density at radius 3 is 2.79 bits per heavy atom. The Hall–Kier alpha value is -2.08. The molecule has 1 atom stereocenters. The van der Waals surface area contributed by atoms with Gasteiger partial charge in [0.05, 0.1) is 31.5 Å². The summed E-state index contributed by atoms with van der Waals surface area (Å²) in [5.41, 5.74) is 1.08. The van der Waals surface area contributed by atoms with Crippen molar-refractivity contribution in [3.8, 4) is 11.5 Å². The van der Waals surface area contributed by atoms with E-state index in [0.29, 0.717) is 11.5 Å². The minimum Gasteiger partial charge on any atom is -0.493 e. The first kappa shape index (κ1) is 16.8. The van der Waals surface area contributed by atoms with Gasteiger partial charge in [-0.2, -0.15) is 0 Å². The number of rotatable bonds is 5. The van der Waals surface area contributed by atoms with Gasteiger partial charge in [-0.05, 0) is 37.0 Å². The molecule has 1 aromatic heterocycles. The van der Waals surface area contributed by atoms with Crippen LogP contribution in [0.5, 0.6) is 11.5 Å². The maximum Gasteiger partial charge on any atom is 0.266 e. The Balaban J connectivity index is 1.86. The van der Waals surface area contributed by atoms with E-state index in [4.69, 9.17) is 9.47 Å². The molecule has 0 aliphatic carbocycles. The molecule has 1 amide bonds. The summed E-state index contributed by atoms with van der Waals surface area (Å²) in [7, 11) is 3.25. The molecule has 0 spiro atoms. The second kappa shape index (κ2) is 7.21. The Bertz CT molecular complexity index is 729. The van der Waals surface area contributed by atoms with E-state index in [1.165, 1.54) is 11.3 Å². The molecule has 5 nitrogen and oxygen atoms in total. The summed E-state index contributed by atoms with van der Waals surface area (Å²) in [6.45, 7) is 2.83. The Morgan fingerprint density at radius 2 is 2.12 bits per heavy atom. The molecule has 1 aliphatic rings. The summed E-state index contributed by atoms with van der Waals surface area (Å²) in [5.74, 6) is 1.47. The van der Waals surface area contributed by atoms with E-state index in [2.05, 4.69) is 11.9 Å². The Morgan fingerprint density at radius 1 is 1.33 bits per heavy atom. The van der Waals surface area contributed by atoms with Crippen LogP contribution in [-0.4, -0.2) is 36.6 Å². The third kappa shape index (κ3) is 3.11. The number of methoxy groups -OCH3 is 2. The smallest absolute Gasteiger partial charge is 0.266 e. The van der Waals surface area contributed by atoms with Crippen LogP contribution < -0.4 is 9.47 Å². The summed E-state index contributed by atoms with van der Waals surface area (Å²) in [4.78, 5) is 19.9. The average molecular weight is 346 g/mol. The molecule has 1 saturated heterocycles. The quantitative estimate of drug-likeness (QED) is 0.828. The standard InChI is InChI=1S/C18H22N2O3S/c1-4-17-19-11-16(24-17)18(21)20-9-5-6-13(20)12-7-8-14(22-2)15(10-12)23-3/h7-8,10-11,13H,4-6,9H2,1-3H3/t13-/m0/s1. The molecule has 0 saturated carbocycles. The van der Waals surface area contributed by atoms with E-state index < -0.39 is 0 Å². The molecule has 0 radical (unpaired) electrons. The number of carbonyl (C=O) groups is 1. The van der Waals surface area contributed by atoms with Crippen LogP contribution in [0.4, 0.5) is 0 Å². The molecule has 2 heterocycles. The van der Waals surface area contributed by atoms with E-state index in [1.54, 1.807) is 20.4 Å². The summed E-state index contributed by atoms with van der Waals surface area (Å²) >= 11 is 1.49. The lowest BCUT2D eigenvalue weighted by molar-refractivity contribution is 0.0740. The third-order valence-corrected chi connectivity index (χ3v) is 5.50. The van der Waals surface area contributed by atoms with Crippen LogP contribution >= 0.6 is 11.3 Å². The number of nitrogens with zero attached hydrogens (tertiary/aromatic N) is 2. The maximum absolute atomic E-state index is 12.9. The van der Waals surface area contributed by atoms with E-state index in [0.717, 1.165) is 41.3 Å². The predicted molar refractivity (Wildman–Crippen MR) is 94.0 cm³/mol. The molecule has 128 valence electrons. The number of aromatic nitrogens is 1.